The Morgan fingerprint density at radius 3 is 2.64 bits per heavy atom. The molecule has 0 aliphatic carbocycles. The van der Waals surface area contributed by atoms with E-state index in [-0.39, 0.29) is 24.4 Å². The summed E-state index contributed by atoms with van der Waals surface area (Å²) in [7, 11) is 0. The van der Waals surface area contributed by atoms with Crippen LogP contribution in [0.1, 0.15) is 23.0 Å². The van der Waals surface area contributed by atoms with E-state index >= 15 is 0 Å². The Labute approximate surface area is 127 Å². The molecule has 0 aliphatic rings. The lowest BCUT2D eigenvalue weighted by Gasteiger charge is -2.09. The molecule has 0 aliphatic heterocycles. The summed E-state index contributed by atoms with van der Waals surface area (Å²) in [5.74, 6) is -1.25. The zero-order valence-corrected chi connectivity index (χ0v) is 12.0. The summed E-state index contributed by atoms with van der Waals surface area (Å²) >= 11 is 0. The normalized spacial score (nSPS) is 10.1. The third-order valence-corrected chi connectivity index (χ3v) is 2.85. The number of hydrogen-bond acceptors (Lipinski definition) is 4. The second-order valence-electron chi connectivity index (χ2n) is 4.44. The molecule has 1 heterocycles. The average molecular weight is 302 g/mol. The lowest BCUT2D eigenvalue weighted by molar-refractivity contribution is -0.142. The van der Waals surface area contributed by atoms with Crippen LogP contribution in [-0.2, 0) is 16.0 Å². The molecular formula is C16H15FN2O3. The number of nitrogens with zero attached hydrogens (tertiary/aromatic N) is 1. The van der Waals surface area contributed by atoms with E-state index in [1.165, 1.54) is 30.5 Å². The molecular weight excluding hydrogens is 287 g/mol. The number of esters is 1. The molecule has 0 fully saturated rings. The summed E-state index contributed by atoms with van der Waals surface area (Å²) < 4.78 is 17.7. The van der Waals surface area contributed by atoms with Gasteiger partial charge in [-0.2, -0.15) is 0 Å². The predicted octanol–water partition coefficient (Wildman–Crippen LogP) is 2.58. The first-order valence-electron chi connectivity index (χ1n) is 6.76. The van der Waals surface area contributed by atoms with Gasteiger partial charge in [0.2, 0.25) is 0 Å². The highest BCUT2D eigenvalue weighted by atomic mass is 19.1. The number of aromatic nitrogens is 1. The fourth-order valence-corrected chi connectivity index (χ4v) is 1.87. The van der Waals surface area contributed by atoms with Crippen molar-refractivity contribution in [3.63, 3.8) is 0 Å². The number of benzene rings is 1. The summed E-state index contributed by atoms with van der Waals surface area (Å²) in [6, 6.07) is 8.58. The Morgan fingerprint density at radius 2 is 1.95 bits per heavy atom. The molecule has 114 valence electrons. The van der Waals surface area contributed by atoms with Crippen molar-refractivity contribution in [3.8, 4) is 0 Å². The van der Waals surface area contributed by atoms with Gasteiger partial charge in [-0.05, 0) is 43.3 Å². The van der Waals surface area contributed by atoms with Gasteiger partial charge in [0.05, 0.1) is 24.3 Å². The van der Waals surface area contributed by atoms with Crippen LogP contribution in [0.15, 0.2) is 42.6 Å². The van der Waals surface area contributed by atoms with Crippen molar-refractivity contribution in [2.45, 2.75) is 13.3 Å². The minimum atomic E-state index is -0.447. The second-order valence-corrected chi connectivity index (χ2v) is 4.44. The van der Waals surface area contributed by atoms with Crippen LogP contribution in [0.5, 0.6) is 0 Å². The van der Waals surface area contributed by atoms with Gasteiger partial charge in [-0.15, -0.1) is 0 Å². The van der Waals surface area contributed by atoms with Crippen LogP contribution in [0.4, 0.5) is 10.1 Å². The van der Waals surface area contributed by atoms with E-state index in [4.69, 9.17) is 4.74 Å². The minimum Gasteiger partial charge on any atom is -0.466 e. The standard InChI is InChI=1S/C16H15FN2O3/c1-2-22-15(20)10-14-13(4-3-9-18-14)16(21)19-12-7-5-11(17)6-8-12/h3-9H,2,10H2,1H3,(H,19,21). The summed E-state index contributed by atoms with van der Waals surface area (Å²) in [5, 5.41) is 2.63. The number of anilines is 1. The summed E-state index contributed by atoms with van der Waals surface area (Å²) in [6.45, 7) is 1.97. The lowest BCUT2D eigenvalue weighted by Crippen LogP contribution is -2.18. The second kappa shape index (κ2) is 7.31. The van der Waals surface area contributed by atoms with Gasteiger partial charge in [0.1, 0.15) is 5.82 Å². The number of carbonyl (C=O) groups excluding carboxylic acids is 2. The molecule has 0 spiro atoms. The highest BCUT2D eigenvalue weighted by Crippen LogP contribution is 2.13. The van der Waals surface area contributed by atoms with E-state index in [1.807, 2.05) is 0 Å². The van der Waals surface area contributed by atoms with Crippen molar-refractivity contribution in [1.82, 2.24) is 4.98 Å². The Hall–Kier alpha value is -2.76. The quantitative estimate of drug-likeness (QED) is 0.862. The number of nitrogens with one attached hydrogen (secondary N) is 1. The molecule has 0 saturated carbocycles. The Kier molecular flexibility index (Phi) is 5.19. The van der Waals surface area contributed by atoms with Gasteiger partial charge in [0.15, 0.2) is 0 Å². The maximum absolute atomic E-state index is 12.9. The monoisotopic (exact) mass is 302 g/mol. The molecule has 0 saturated heterocycles. The van der Waals surface area contributed by atoms with E-state index in [1.54, 1.807) is 19.1 Å². The van der Waals surface area contributed by atoms with Crippen molar-refractivity contribution in [2.75, 3.05) is 11.9 Å². The topological polar surface area (TPSA) is 68.3 Å². The molecule has 0 bridgehead atoms. The van der Waals surface area contributed by atoms with Crippen LogP contribution in [-0.4, -0.2) is 23.5 Å². The Bertz CT molecular complexity index is 671. The third kappa shape index (κ3) is 4.12. The molecule has 0 atom stereocenters. The molecule has 1 amide bonds. The molecule has 5 nitrogen and oxygen atoms in total. The first-order chi connectivity index (χ1) is 10.6. The fraction of sp³-hybridized carbons (Fsp3) is 0.188. The molecule has 1 aromatic carbocycles. The number of amides is 1. The van der Waals surface area contributed by atoms with Crippen LogP contribution >= 0.6 is 0 Å². The lowest BCUT2D eigenvalue weighted by atomic mass is 10.1. The zero-order chi connectivity index (χ0) is 15.9. The van der Waals surface area contributed by atoms with E-state index in [0.29, 0.717) is 11.4 Å². The highest BCUT2D eigenvalue weighted by molar-refractivity contribution is 6.05. The molecule has 6 heteroatoms. The summed E-state index contributed by atoms with van der Waals surface area (Å²) in [6.07, 6.45) is 1.42. The molecule has 22 heavy (non-hydrogen) atoms. The van der Waals surface area contributed by atoms with Gasteiger partial charge in [-0.25, -0.2) is 4.39 Å². The van der Waals surface area contributed by atoms with Crippen LogP contribution in [0.25, 0.3) is 0 Å². The fourth-order valence-electron chi connectivity index (χ4n) is 1.87. The smallest absolute Gasteiger partial charge is 0.311 e. The maximum Gasteiger partial charge on any atom is 0.311 e. The number of carbonyl (C=O) groups is 2. The van der Waals surface area contributed by atoms with Crippen molar-refractivity contribution in [1.29, 1.82) is 0 Å². The van der Waals surface area contributed by atoms with Gasteiger partial charge in [0, 0.05) is 11.9 Å². The number of ether oxygens (including phenoxy) is 1. The summed E-state index contributed by atoms with van der Waals surface area (Å²) in [5.41, 5.74) is 1.07. The third-order valence-electron chi connectivity index (χ3n) is 2.85. The first-order valence-corrected chi connectivity index (χ1v) is 6.76. The molecule has 0 radical (unpaired) electrons. The minimum absolute atomic E-state index is 0.0825. The van der Waals surface area contributed by atoms with Crippen LogP contribution in [0.2, 0.25) is 0 Å². The first kappa shape index (κ1) is 15.6. The van der Waals surface area contributed by atoms with Gasteiger partial charge in [-0.1, -0.05) is 0 Å². The van der Waals surface area contributed by atoms with Crippen molar-refractivity contribution in [2.24, 2.45) is 0 Å². The van der Waals surface area contributed by atoms with E-state index < -0.39 is 11.9 Å². The number of hydrogen-bond donors (Lipinski definition) is 1. The van der Waals surface area contributed by atoms with E-state index in [2.05, 4.69) is 10.3 Å². The van der Waals surface area contributed by atoms with Gasteiger partial charge in [-0.3, -0.25) is 14.6 Å². The van der Waals surface area contributed by atoms with Gasteiger partial charge in [0.25, 0.3) is 5.91 Å². The molecule has 1 N–H and O–H groups in total. The number of pyridine rings is 1. The van der Waals surface area contributed by atoms with Crippen molar-refractivity contribution in [3.05, 3.63) is 59.7 Å². The molecule has 0 unspecified atom stereocenters. The van der Waals surface area contributed by atoms with E-state index in [9.17, 15) is 14.0 Å². The SMILES string of the molecule is CCOC(=O)Cc1ncccc1C(=O)Nc1ccc(F)cc1. The Morgan fingerprint density at radius 1 is 1.23 bits per heavy atom. The van der Waals surface area contributed by atoms with Crippen molar-refractivity contribution < 1.29 is 18.7 Å². The van der Waals surface area contributed by atoms with Gasteiger partial charge >= 0.3 is 5.97 Å². The van der Waals surface area contributed by atoms with Gasteiger partial charge < -0.3 is 10.1 Å². The predicted molar refractivity (Wildman–Crippen MR) is 78.9 cm³/mol. The highest BCUT2D eigenvalue weighted by Gasteiger charge is 2.15. The largest absolute Gasteiger partial charge is 0.466 e. The Balaban J connectivity index is 2.15. The zero-order valence-electron chi connectivity index (χ0n) is 12.0. The van der Waals surface area contributed by atoms with Crippen LogP contribution in [0, 0.1) is 5.82 Å². The number of rotatable bonds is 5. The number of halogens is 1. The molecule has 2 aromatic rings. The van der Waals surface area contributed by atoms with Crippen LogP contribution < -0.4 is 5.32 Å². The molecule has 1 aromatic heterocycles. The summed E-state index contributed by atoms with van der Waals surface area (Å²) in [4.78, 5) is 27.9. The average Bonchev–Trinajstić information content (AvgIpc) is 2.50. The van der Waals surface area contributed by atoms with Crippen LogP contribution in [0.3, 0.4) is 0 Å². The molecule has 2 rings (SSSR count). The van der Waals surface area contributed by atoms with Crippen molar-refractivity contribution >= 4 is 17.6 Å². The maximum atomic E-state index is 12.9. The van der Waals surface area contributed by atoms with E-state index in [0.717, 1.165) is 0 Å².